The van der Waals surface area contributed by atoms with Gasteiger partial charge < -0.3 is 10.5 Å². The second kappa shape index (κ2) is 5.12. The van der Waals surface area contributed by atoms with Gasteiger partial charge in [-0.05, 0) is 44.2 Å². The third kappa shape index (κ3) is 2.93. The standard InChI is InChI=1S/C12H18N2O/c13-8-7-10-5-6-12(14-9-10)15-11-3-1-2-4-11/h5-6,9,11H,1-4,7-8,13H2. The van der Waals surface area contributed by atoms with Gasteiger partial charge in [-0.3, -0.25) is 0 Å². The molecule has 1 aromatic heterocycles. The largest absolute Gasteiger partial charge is 0.474 e. The first-order chi connectivity index (χ1) is 7.38. The summed E-state index contributed by atoms with van der Waals surface area (Å²) in [4.78, 5) is 4.28. The van der Waals surface area contributed by atoms with E-state index in [9.17, 15) is 0 Å². The maximum Gasteiger partial charge on any atom is 0.213 e. The first-order valence-electron chi connectivity index (χ1n) is 5.70. The summed E-state index contributed by atoms with van der Waals surface area (Å²) < 4.78 is 5.77. The second-order valence-electron chi connectivity index (χ2n) is 4.07. The fraction of sp³-hybridized carbons (Fsp3) is 0.583. The highest BCUT2D eigenvalue weighted by atomic mass is 16.5. The van der Waals surface area contributed by atoms with E-state index in [1.165, 1.54) is 31.2 Å². The predicted octanol–water partition coefficient (Wildman–Crippen LogP) is 1.90. The van der Waals surface area contributed by atoms with Crippen molar-refractivity contribution in [3.8, 4) is 5.88 Å². The van der Waals surface area contributed by atoms with E-state index in [0.29, 0.717) is 12.6 Å². The van der Waals surface area contributed by atoms with E-state index in [-0.39, 0.29) is 0 Å². The highest BCUT2D eigenvalue weighted by Crippen LogP contribution is 2.22. The van der Waals surface area contributed by atoms with Gasteiger partial charge in [0.25, 0.3) is 0 Å². The molecule has 0 aromatic carbocycles. The molecule has 1 fully saturated rings. The third-order valence-corrected chi connectivity index (χ3v) is 2.82. The number of pyridine rings is 1. The van der Waals surface area contributed by atoms with Crippen LogP contribution in [0.2, 0.25) is 0 Å². The SMILES string of the molecule is NCCc1ccc(OC2CCCC2)nc1. The molecule has 0 saturated heterocycles. The van der Waals surface area contributed by atoms with Crippen molar-refractivity contribution in [2.75, 3.05) is 6.54 Å². The van der Waals surface area contributed by atoms with E-state index in [2.05, 4.69) is 4.98 Å². The summed E-state index contributed by atoms with van der Waals surface area (Å²) in [5.74, 6) is 0.752. The van der Waals surface area contributed by atoms with Gasteiger partial charge in [-0.15, -0.1) is 0 Å². The molecule has 2 rings (SSSR count). The number of aromatic nitrogens is 1. The van der Waals surface area contributed by atoms with E-state index in [4.69, 9.17) is 10.5 Å². The zero-order valence-electron chi connectivity index (χ0n) is 8.98. The van der Waals surface area contributed by atoms with Crippen LogP contribution in [0.4, 0.5) is 0 Å². The molecule has 1 heterocycles. The Morgan fingerprint density at radius 1 is 1.33 bits per heavy atom. The van der Waals surface area contributed by atoms with Gasteiger partial charge >= 0.3 is 0 Å². The molecule has 0 amide bonds. The summed E-state index contributed by atoms with van der Waals surface area (Å²) in [5.41, 5.74) is 6.65. The molecule has 3 heteroatoms. The lowest BCUT2D eigenvalue weighted by molar-refractivity contribution is 0.201. The highest BCUT2D eigenvalue weighted by molar-refractivity contribution is 5.18. The number of rotatable bonds is 4. The lowest BCUT2D eigenvalue weighted by atomic mass is 10.2. The minimum Gasteiger partial charge on any atom is -0.474 e. The summed E-state index contributed by atoms with van der Waals surface area (Å²) in [6, 6.07) is 3.99. The van der Waals surface area contributed by atoms with Crippen LogP contribution in [-0.2, 0) is 6.42 Å². The van der Waals surface area contributed by atoms with E-state index in [0.717, 1.165) is 12.3 Å². The Balaban J connectivity index is 1.91. The average Bonchev–Trinajstić information content (AvgIpc) is 2.74. The quantitative estimate of drug-likeness (QED) is 0.818. The second-order valence-corrected chi connectivity index (χ2v) is 4.07. The molecule has 0 unspecified atom stereocenters. The van der Waals surface area contributed by atoms with Crippen LogP contribution in [0.1, 0.15) is 31.2 Å². The summed E-state index contributed by atoms with van der Waals surface area (Å²) in [7, 11) is 0. The molecule has 1 saturated carbocycles. The van der Waals surface area contributed by atoms with Crippen LogP contribution in [-0.4, -0.2) is 17.6 Å². The van der Waals surface area contributed by atoms with Crippen molar-refractivity contribution in [2.24, 2.45) is 5.73 Å². The lowest BCUT2D eigenvalue weighted by Crippen LogP contribution is -2.12. The Hall–Kier alpha value is -1.09. The molecular formula is C12H18N2O. The van der Waals surface area contributed by atoms with Gasteiger partial charge in [0, 0.05) is 12.3 Å². The van der Waals surface area contributed by atoms with Gasteiger partial charge in [0.15, 0.2) is 0 Å². The average molecular weight is 206 g/mol. The number of ether oxygens (including phenoxy) is 1. The van der Waals surface area contributed by atoms with Crippen LogP contribution in [0, 0.1) is 0 Å². The lowest BCUT2D eigenvalue weighted by Gasteiger charge is -2.11. The Labute approximate surface area is 90.7 Å². The van der Waals surface area contributed by atoms with Crippen LogP contribution < -0.4 is 10.5 Å². The van der Waals surface area contributed by atoms with Gasteiger partial charge in [0.1, 0.15) is 6.10 Å². The van der Waals surface area contributed by atoms with Crippen molar-refractivity contribution in [3.05, 3.63) is 23.9 Å². The zero-order valence-corrected chi connectivity index (χ0v) is 8.98. The number of nitrogens with two attached hydrogens (primary N) is 1. The summed E-state index contributed by atoms with van der Waals surface area (Å²) in [5, 5.41) is 0. The molecule has 3 nitrogen and oxygen atoms in total. The van der Waals surface area contributed by atoms with Gasteiger partial charge in [-0.25, -0.2) is 4.98 Å². The van der Waals surface area contributed by atoms with E-state index < -0.39 is 0 Å². The van der Waals surface area contributed by atoms with E-state index >= 15 is 0 Å². The van der Waals surface area contributed by atoms with Crippen molar-refractivity contribution in [1.29, 1.82) is 0 Å². The molecule has 0 bridgehead atoms. The number of hydrogen-bond donors (Lipinski definition) is 1. The van der Waals surface area contributed by atoms with Crippen LogP contribution in [0.15, 0.2) is 18.3 Å². The Morgan fingerprint density at radius 3 is 2.73 bits per heavy atom. The van der Waals surface area contributed by atoms with Crippen LogP contribution >= 0.6 is 0 Å². The summed E-state index contributed by atoms with van der Waals surface area (Å²) in [6.45, 7) is 0.671. The molecule has 1 aromatic rings. The maximum atomic E-state index is 5.77. The van der Waals surface area contributed by atoms with Crippen molar-refractivity contribution >= 4 is 0 Å². The Bertz CT molecular complexity index is 291. The first-order valence-corrected chi connectivity index (χ1v) is 5.70. The normalized spacial score (nSPS) is 16.9. The topological polar surface area (TPSA) is 48.1 Å². The molecule has 0 radical (unpaired) electrons. The summed E-state index contributed by atoms with van der Waals surface area (Å²) >= 11 is 0. The van der Waals surface area contributed by atoms with Crippen molar-refractivity contribution in [1.82, 2.24) is 4.98 Å². The van der Waals surface area contributed by atoms with Gasteiger partial charge in [0.2, 0.25) is 5.88 Å². The van der Waals surface area contributed by atoms with Crippen molar-refractivity contribution < 1.29 is 4.74 Å². The molecule has 1 aliphatic rings. The molecule has 15 heavy (non-hydrogen) atoms. The minimum absolute atomic E-state index is 0.387. The predicted molar refractivity (Wildman–Crippen MR) is 59.9 cm³/mol. The number of nitrogens with zero attached hydrogens (tertiary/aromatic N) is 1. The Morgan fingerprint density at radius 2 is 2.13 bits per heavy atom. The number of hydrogen-bond acceptors (Lipinski definition) is 3. The smallest absolute Gasteiger partial charge is 0.213 e. The fourth-order valence-corrected chi connectivity index (χ4v) is 1.97. The fourth-order valence-electron chi connectivity index (χ4n) is 1.97. The monoisotopic (exact) mass is 206 g/mol. The van der Waals surface area contributed by atoms with Crippen LogP contribution in [0.5, 0.6) is 5.88 Å². The molecule has 2 N–H and O–H groups in total. The molecule has 82 valence electrons. The van der Waals surface area contributed by atoms with Gasteiger partial charge in [0.05, 0.1) is 0 Å². The summed E-state index contributed by atoms with van der Waals surface area (Å²) in [6.07, 6.45) is 8.05. The van der Waals surface area contributed by atoms with Crippen LogP contribution in [0.25, 0.3) is 0 Å². The molecule has 0 spiro atoms. The third-order valence-electron chi connectivity index (χ3n) is 2.82. The van der Waals surface area contributed by atoms with Gasteiger partial charge in [-0.1, -0.05) is 6.07 Å². The molecular weight excluding hydrogens is 188 g/mol. The zero-order chi connectivity index (χ0) is 10.5. The van der Waals surface area contributed by atoms with Crippen LogP contribution in [0.3, 0.4) is 0 Å². The van der Waals surface area contributed by atoms with Crippen molar-refractivity contribution in [3.63, 3.8) is 0 Å². The molecule has 0 atom stereocenters. The first kappa shape index (κ1) is 10.4. The van der Waals surface area contributed by atoms with Gasteiger partial charge in [-0.2, -0.15) is 0 Å². The molecule has 0 aliphatic heterocycles. The van der Waals surface area contributed by atoms with E-state index in [1.54, 1.807) is 0 Å². The Kier molecular flexibility index (Phi) is 3.56. The highest BCUT2D eigenvalue weighted by Gasteiger charge is 2.16. The van der Waals surface area contributed by atoms with E-state index in [1.807, 2.05) is 18.3 Å². The maximum absolute atomic E-state index is 5.77. The molecule has 1 aliphatic carbocycles. The van der Waals surface area contributed by atoms with Crippen molar-refractivity contribution in [2.45, 2.75) is 38.2 Å². The minimum atomic E-state index is 0.387.